The summed E-state index contributed by atoms with van der Waals surface area (Å²) in [5.41, 5.74) is 1.35. The van der Waals surface area contributed by atoms with E-state index in [-0.39, 0.29) is 11.9 Å². The lowest BCUT2D eigenvalue weighted by molar-refractivity contribution is -0.149. The Hall–Kier alpha value is -2.88. The van der Waals surface area contributed by atoms with Crippen molar-refractivity contribution in [2.75, 3.05) is 24.6 Å². The molecular formula is C18H20N4O3. The highest BCUT2D eigenvalue weighted by Crippen LogP contribution is 2.27. The van der Waals surface area contributed by atoms with E-state index in [1.807, 2.05) is 23.1 Å². The van der Waals surface area contributed by atoms with E-state index in [0.717, 1.165) is 5.56 Å². The number of carbonyl (C=O) groups excluding carboxylic acids is 1. The molecule has 7 heteroatoms. The van der Waals surface area contributed by atoms with Crippen molar-refractivity contribution in [2.24, 2.45) is 5.92 Å². The molecule has 3 heterocycles. The molecule has 0 saturated carbocycles. The number of esters is 1. The van der Waals surface area contributed by atoms with Crippen LogP contribution in [0.5, 0.6) is 0 Å². The maximum atomic E-state index is 12.2. The predicted octanol–water partition coefficient (Wildman–Crippen LogP) is 2.25. The summed E-state index contributed by atoms with van der Waals surface area (Å²) in [5, 5.41) is 9.12. The van der Waals surface area contributed by atoms with E-state index in [1.165, 1.54) is 0 Å². The van der Waals surface area contributed by atoms with Gasteiger partial charge in [-0.15, -0.1) is 0 Å². The third-order valence-electron chi connectivity index (χ3n) is 4.30. The first-order valence-electron chi connectivity index (χ1n) is 8.35. The number of rotatable bonds is 5. The minimum Gasteiger partial charge on any atom is -0.465 e. The molecule has 25 heavy (non-hydrogen) atoms. The zero-order valence-corrected chi connectivity index (χ0v) is 14.1. The predicted molar refractivity (Wildman–Crippen MR) is 89.8 cm³/mol. The molecule has 0 aliphatic carbocycles. The van der Waals surface area contributed by atoms with Crippen LogP contribution < -0.4 is 4.90 Å². The number of nitrogens with zero attached hydrogens (tertiary/aromatic N) is 4. The fourth-order valence-electron chi connectivity index (χ4n) is 2.96. The van der Waals surface area contributed by atoms with Crippen molar-refractivity contribution in [1.29, 1.82) is 5.26 Å². The Kier molecular flexibility index (Phi) is 5.29. The summed E-state index contributed by atoms with van der Waals surface area (Å²) in [5.74, 6) is 0.712. The zero-order valence-electron chi connectivity index (χ0n) is 14.1. The van der Waals surface area contributed by atoms with E-state index in [1.54, 1.807) is 19.3 Å². The maximum Gasteiger partial charge on any atom is 0.309 e. The monoisotopic (exact) mass is 340 g/mol. The van der Waals surface area contributed by atoms with Crippen LogP contribution in [0.25, 0.3) is 0 Å². The highest BCUT2D eigenvalue weighted by atomic mass is 16.5. The van der Waals surface area contributed by atoms with Gasteiger partial charge in [0.1, 0.15) is 6.07 Å². The number of carbonyl (C=O) groups is 1. The highest BCUT2D eigenvalue weighted by molar-refractivity contribution is 5.73. The number of nitriles is 1. The van der Waals surface area contributed by atoms with Gasteiger partial charge in [-0.2, -0.15) is 5.26 Å². The van der Waals surface area contributed by atoms with E-state index in [2.05, 4.69) is 9.97 Å². The van der Waals surface area contributed by atoms with Gasteiger partial charge in [-0.3, -0.25) is 9.78 Å². The van der Waals surface area contributed by atoms with Gasteiger partial charge in [-0.1, -0.05) is 6.07 Å². The number of oxazole rings is 1. The van der Waals surface area contributed by atoms with Crippen molar-refractivity contribution in [3.05, 3.63) is 41.7 Å². The number of aryl methyl sites for hydroxylation is 1. The standard InChI is InChI=1S/C18H20N4O3/c1-13-21-16(11-19)17(25-13)22-8-4-15(5-9-22)18(23)24-10-6-14-3-2-7-20-12-14/h2-3,7,12,15H,4-6,8-10H2,1H3. The second kappa shape index (κ2) is 7.79. The number of ether oxygens (including phenoxy) is 1. The van der Waals surface area contributed by atoms with Crippen LogP contribution >= 0.6 is 0 Å². The van der Waals surface area contributed by atoms with Gasteiger partial charge in [0.05, 0.1) is 12.5 Å². The summed E-state index contributed by atoms with van der Waals surface area (Å²) in [6.07, 6.45) is 5.52. The molecule has 1 saturated heterocycles. The Balaban J connectivity index is 1.47. The van der Waals surface area contributed by atoms with E-state index in [0.29, 0.717) is 56.4 Å². The van der Waals surface area contributed by atoms with Gasteiger partial charge in [0, 0.05) is 38.8 Å². The minimum atomic E-state index is -0.155. The topological polar surface area (TPSA) is 92.2 Å². The van der Waals surface area contributed by atoms with Crippen molar-refractivity contribution in [2.45, 2.75) is 26.2 Å². The van der Waals surface area contributed by atoms with Crippen molar-refractivity contribution < 1.29 is 13.9 Å². The van der Waals surface area contributed by atoms with E-state index in [9.17, 15) is 4.79 Å². The molecule has 0 aromatic carbocycles. The Morgan fingerprint density at radius 3 is 2.96 bits per heavy atom. The average molecular weight is 340 g/mol. The Morgan fingerprint density at radius 1 is 1.48 bits per heavy atom. The summed E-state index contributed by atoms with van der Waals surface area (Å²) in [6, 6.07) is 5.88. The minimum absolute atomic E-state index is 0.111. The molecule has 0 unspecified atom stereocenters. The Bertz CT molecular complexity index is 758. The third-order valence-corrected chi connectivity index (χ3v) is 4.30. The summed E-state index contributed by atoms with van der Waals surface area (Å²) in [6.45, 7) is 3.37. The second-order valence-electron chi connectivity index (χ2n) is 6.04. The SMILES string of the molecule is Cc1nc(C#N)c(N2CCC(C(=O)OCCc3cccnc3)CC2)o1. The van der Waals surface area contributed by atoms with E-state index >= 15 is 0 Å². The quantitative estimate of drug-likeness (QED) is 0.771. The summed E-state index contributed by atoms with van der Waals surface area (Å²) in [7, 11) is 0. The third kappa shape index (κ3) is 4.15. The van der Waals surface area contributed by atoms with Gasteiger partial charge >= 0.3 is 5.97 Å². The van der Waals surface area contributed by atoms with Crippen molar-refractivity contribution >= 4 is 11.9 Å². The van der Waals surface area contributed by atoms with Crippen LogP contribution in [-0.2, 0) is 16.0 Å². The van der Waals surface area contributed by atoms with Gasteiger partial charge in [-0.05, 0) is 24.5 Å². The number of hydrogen-bond acceptors (Lipinski definition) is 7. The Labute approximate surface area is 146 Å². The molecule has 3 rings (SSSR count). The van der Waals surface area contributed by atoms with E-state index in [4.69, 9.17) is 14.4 Å². The first-order chi connectivity index (χ1) is 12.2. The van der Waals surface area contributed by atoms with E-state index < -0.39 is 0 Å². The lowest BCUT2D eigenvalue weighted by Gasteiger charge is -2.30. The lowest BCUT2D eigenvalue weighted by atomic mass is 9.97. The smallest absolute Gasteiger partial charge is 0.309 e. The lowest BCUT2D eigenvalue weighted by Crippen LogP contribution is -2.37. The van der Waals surface area contributed by atoms with Gasteiger partial charge in [0.2, 0.25) is 11.6 Å². The van der Waals surface area contributed by atoms with Gasteiger partial charge in [-0.25, -0.2) is 4.98 Å². The maximum absolute atomic E-state index is 12.2. The van der Waals surface area contributed by atoms with Crippen molar-refractivity contribution in [1.82, 2.24) is 9.97 Å². The normalized spacial score (nSPS) is 15.0. The molecule has 2 aromatic rings. The summed E-state index contributed by atoms with van der Waals surface area (Å²) in [4.78, 5) is 22.3. The molecule has 1 aliphatic heterocycles. The van der Waals surface area contributed by atoms with Crippen LogP contribution in [0.4, 0.5) is 5.88 Å². The van der Waals surface area contributed by atoms with Crippen LogP contribution in [0.15, 0.2) is 28.9 Å². The second-order valence-corrected chi connectivity index (χ2v) is 6.04. The largest absolute Gasteiger partial charge is 0.465 e. The fourth-order valence-corrected chi connectivity index (χ4v) is 2.96. The average Bonchev–Trinajstić information content (AvgIpc) is 3.03. The van der Waals surface area contributed by atoms with Crippen LogP contribution in [0.2, 0.25) is 0 Å². The number of piperidine rings is 1. The number of anilines is 1. The van der Waals surface area contributed by atoms with Crippen molar-refractivity contribution in [3.63, 3.8) is 0 Å². The van der Waals surface area contributed by atoms with Crippen molar-refractivity contribution in [3.8, 4) is 6.07 Å². The first kappa shape index (κ1) is 17.0. The van der Waals surface area contributed by atoms with Crippen LogP contribution in [0.1, 0.15) is 30.0 Å². The Morgan fingerprint density at radius 2 is 2.28 bits per heavy atom. The molecule has 0 N–H and O–H groups in total. The molecule has 0 amide bonds. The van der Waals surface area contributed by atoms with Gasteiger partial charge < -0.3 is 14.1 Å². The molecule has 0 spiro atoms. The van der Waals surface area contributed by atoms with Gasteiger partial charge in [0.25, 0.3) is 0 Å². The van der Waals surface area contributed by atoms with Crippen LogP contribution in [0.3, 0.4) is 0 Å². The molecule has 7 nitrogen and oxygen atoms in total. The van der Waals surface area contributed by atoms with Crippen LogP contribution in [0, 0.1) is 24.2 Å². The molecule has 0 bridgehead atoms. The first-order valence-corrected chi connectivity index (χ1v) is 8.35. The molecule has 0 atom stereocenters. The molecule has 2 aromatic heterocycles. The van der Waals surface area contributed by atoms with Gasteiger partial charge in [0.15, 0.2) is 5.89 Å². The molecule has 1 aliphatic rings. The molecule has 1 fully saturated rings. The summed E-state index contributed by atoms with van der Waals surface area (Å²) >= 11 is 0. The zero-order chi connectivity index (χ0) is 17.6. The number of aromatic nitrogens is 2. The number of pyridine rings is 1. The summed E-state index contributed by atoms with van der Waals surface area (Å²) < 4.78 is 10.9. The van der Waals surface area contributed by atoms with Crippen LogP contribution in [-0.4, -0.2) is 35.6 Å². The fraction of sp³-hybridized carbons (Fsp3) is 0.444. The number of hydrogen-bond donors (Lipinski definition) is 0. The highest BCUT2D eigenvalue weighted by Gasteiger charge is 2.29. The molecular weight excluding hydrogens is 320 g/mol. The molecule has 130 valence electrons. The molecule has 0 radical (unpaired) electrons.